The molecule has 80 valence electrons. The number of thioether (sulfide) groups is 1. The van der Waals surface area contributed by atoms with E-state index in [0.29, 0.717) is 12.3 Å². The molecule has 0 spiro atoms. The second-order valence-electron chi connectivity index (χ2n) is 3.42. The first-order chi connectivity index (χ1) is 7.18. The molecule has 0 saturated heterocycles. The fourth-order valence-corrected chi connectivity index (χ4v) is 2.08. The van der Waals surface area contributed by atoms with Crippen LogP contribution in [0.25, 0.3) is 0 Å². The number of amides is 1. The highest BCUT2D eigenvalue weighted by molar-refractivity contribution is 8.02. The number of carbonyl (C=O) groups excluding carboxylic acids is 1. The summed E-state index contributed by atoms with van der Waals surface area (Å²) < 4.78 is 5.05. The van der Waals surface area contributed by atoms with Crippen molar-refractivity contribution in [1.29, 1.82) is 0 Å². The highest BCUT2D eigenvalue weighted by Crippen LogP contribution is 2.19. The monoisotopic (exact) mass is 224 g/mol. The summed E-state index contributed by atoms with van der Waals surface area (Å²) in [6, 6.07) is 0. The SMILES string of the molecule is Cc1noc(C)c1CN1C=CSCC1=O. The van der Waals surface area contributed by atoms with Crippen LogP contribution in [0.1, 0.15) is 17.0 Å². The van der Waals surface area contributed by atoms with Gasteiger partial charge in [-0.05, 0) is 19.3 Å². The zero-order valence-electron chi connectivity index (χ0n) is 8.69. The van der Waals surface area contributed by atoms with Crippen molar-refractivity contribution in [3.05, 3.63) is 28.6 Å². The molecule has 0 fully saturated rings. The van der Waals surface area contributed by atoms with Gasteiger partial charge in [0.25, 0.3) is 0 Å². The summed E-state index contributed by atoms with van der Waals surface area (Å²) in [6.07, 6.45) is 1.81. The minimum Gasteiger partial charge on any atom is -0.361 e. The Labute approximate surface area is 92.3 Å². The third-order valence-electron chi connectivity index (χ3n) is 2.37. The van der Waals surface area contributed by atoms with Crippen molar-refractivity contribution in [2.45, 2.75) is 20.4 Å². The molecule has 0 saturated carbocycles. The normalized spacial score (nSPS) is 16.1. The smallest absolute Gasteiger partial charge is 0.237 e. The van der Waals surface area contributed by atoms with Crippen molar-refractivity contribution in [2.75, 3.05) is 5.75 Å². The quantitative estimate of drug-likeness (QED) is 0.769. The molecule has 0 bridgehead atoms. The third-order valence-corrected chi connectivity index (χ3v) is 3.10. The van der Waals surface area contributed by atoms with Crippen molar-refractivity contribution in [3.63, 3.8) is 0 Å². The number of aromatic nitrogens is 1. The average Bonchev–Trinajstić information content (AvgIpc) is 2.53. The second kappa shape index (κ2) is 4.10. The molecular weight excluding hydrogens is 212 g/mol. The standard InChI is InChI=1S/C10H12N2O2S/c1-7-9(8(2)14-11-7)5-12-3-4-15-6-10(12)13/h3-4H,5-6H2,1-2H3. The van der Waals surface area contributed by atoms with E-state index in [1.54, 1.807) is 4.90 Å². The predicted octanol–water partition coefficient (Wildman–Crippen LogP) is 1.84. The van der Waals surface area contributed by atoms with Crippen LogP contribution < -0.4 is 0 Å². The highest BCUT2D eigenvalue weighted by Gasteiger charge is 2.18. The van der Waals surface area contributed by atoms with E-state index < -0.39 is 0 Å². The molecule has 0 aliphatic carbocycles. The van der Waals surface area contributed by atoms with Gasteiger partial charge in [-0.1, -0.05) is 5.16 Å². The van der Waals surface area contributed by atoms with Crippen molar-refractivity contribution < 1.29 is 9.32 Å². The number of hydrogen-bond acceptors (Lipinski definition) is 4. The number of carbonyl (C=O) groups is 1. The number of aryl methyl sites for hydroxylation is 2. The van der Waals surface area contributed by atoms with Crippen LogP contribution in [0.5, 0.6) is 0 Å². The zero-order chi connectivity index (χ0) is 10.8. The second-order valence-corrected chi connectivity index (χ2v) is 4.31. The molecule has 15 heavy (non-hydrogen) atoms. The fraction of sp³-hybridized carbons (Fsp3) is 0.400. The minimum atomic E-state index is 0.127. The summed E-state index contributed by atoms with van der Waals surface area (Å²) in [7, 11) is 0. The Morgan fingerprint density at radius 3 is 3.00 bits per heavy atom. The van der Waals surface area contributed by atoms with E-state index in [9.17, 15) is 4.79 Å². The first-order valence-electron chi connectivity index (χ1n) is 4.68. The summed E-state index contributed by atoms with van der Waals surface area (Å²) in [5, 5.41) is 5.79. The van der Waals surface area contributed by atoms with Gasteiger partial charge < -0.3 is 9.42 Å². The van der Waals surface area contributed by atoms with Gasteiger partial charge in [-0.15, -0.1) is 11.8 Å². The zero-order valence-corrected chi connectivity index (χ0v) is 9.50. The molecule has 1 aliphatic heterocycles. The molecule has 1 amide bonds. The molecule has 1 aliphatic rings. The molecule has 1 aromatic heterocycles. The van der Waals surface area contributed by atoms with Gasteiger partial charge in [0.05, 0.1) is 18.0 Å². The van der Waals surface area contributed by atoms with Crippen LogP contribution in [0.4, 0.5) is 0 Å². The van der Waals surface area contributed by atoms with E-state index in [4.69, 9.17) is 4.52 Å². The summed E-state index contributed by atoms with van der Waals surface area (Å²) in [6.45, 7) is 4.30. The lowest BCUT2D eigenvalue weighted by atomic mass is 10.2. The molecule has 0 radical (unpaired) electrons. The molecular formula is C10H12N2O2S. The lowest BCUT2D eigenvalue weighted by Gasteiger charge is -2.20. The largest absolute Gasteiger partial charge is 0.361 e. The molecule has 0 unspecified atom stereocenters. The fourth-order valence-electron chi connectivity index (χ4n) is 1.44. The molecule has 2 rings (SSSR count). The Morgan fingerprint density at radius 2 is 2.40 bits per heavy atom. The van der Waals surface area contributed by atoms with Gasteiger partial charge in [-0.2, -0.15) is 0 Å². The molecule has 0 aromatic carbocycles. The van der Waals surface area contributed by atoms with Gasteiger partial charge in [0.1, 0.15) is 5.76 Å². The van der Waals surface area contributed by atoms with E-state index in [1.807, 2.05) is 25.5 Å². The maximum atomic E-state index is 11.5. The van der Waals surface area contributed by atoms with Crippen LogP contribution in [-0.2, 0) is 11.3 Å². The van der Waals surface area contributed by atoms with Crippen LogP contribution in [0, 0.1) is 13.8 Å². The summed E-state index contributed by atoms with van der Waals surface area (Å²) in [4.78, 5) is 13.2. The molecule has 4 nitrogen and oxygen atoms in total. The van der Waals surface area contributed by atoms with Crippen LogP contribution in [0.3, 0.4) is 0 Å². The Bertz CT molecular complexity index is 392. The molecule has 0 N–H and O–H groups in total. The molecule has 5 heteroatoms. The van der Waals surface area contributed by atoms with Crippen LogP contribution in [0.15, 0.2) is 16.1 Å². The Hall–Kier alpha value is -1.23. The minimum absolute atomic E-state index is 0.127. The molecule has 1 aromatic rings. The van der Waals surface area contributed by atoms with Gasteiger partial charge in [-0.3, -0.25) is 4.79 Å². The van der Waals surface area contributed by atoms with E-state index in [1.165, 1.54) is 11.8 Å². The first-order valence-corrected chi connectivity index (χ1v) is 5.73. The lowest BCUT2D eigenvalue weighted by Crippen LogP contribution is -2.29. The first kappa shape index (κ1) is 10.3. The van der Waals surface area contributed by atoms with Crippen LogP contribution in [0.2, 0.25) is 0 Å². The molecule has 2 heterocycles. The lowest BCUT2D eigenvalue weighted by molar-refractivity contribution is -0.126. The average molecular weight is 224 g/mol. The molecule has 0 atom stereocenters. The summed E-state index contributed by atoms with van der Waals surface area (Å²) >= 11 is 1.52. The van der Waals surface area contributed by atoms with Crippen LogP contribution >= 0.6 is 11.8 Å². The van der Waals surface area contributed by atoms with Crippen LogP contribution in [-0.4, -0.2) is 21.7 Å². The van der Waals surface area contributed by atoms with Crippen molar-refractivity contribution in [2.24, 2.45) is 0 Å². The number of hydrogen-bond donors (Lipinski definition) is 0. The van der Waals surface area contributed by atoms with Gasteiger partial charge in [-0.25, -0.2) is 0 Å². The van der Waals surface area contributed by atoms with E-state index in [2.05, 4.69) is 5.16 Å². The van der Waals surface area contributed by atoms with E-state index in [0.717, 1.165) is 17.0 Å². The van der Waals surface area contributed by atoms with Gasteiger partial charge in [0, 0.05) is 11.8 Å². The maximum Gasteiger partial charge on any atom is 0.237 e. The van der Waals surface area contributed by atoms with Gasteiger partial charge in [0.2, 0.25) is 5.91 Å². The van der Waals surface area contributed by atoms with Crippen molar-refractivity contribution in [1.82, 2.24) is 10.1 Å². The van der Waals surface area contributed by atoms with Gasteiger partial charge >= 0.3 is 0 Å². The predicted molar refractivity (Wildman–Crippen MR) is 58.1 cm³/mol. The Morgan fingerprint density at radius 1 is 1.60 bits per heavy atom. The maximum absolute atomic E-state index is 11.5. The topological polar surface area (TPSA) is 46.3 Å². The van der Waals surface area contributed by atoms with Gasteiger partial charge in [0.15, 0.2) is 0 Å². The van der Waals surface area contributed by atoms with Crippen molar-refractivity contribution >= 4 is 17.7 Å². The Kier molecular flexibility index (Phi) is 2.81. The third kappa shape index (κ3) is 2.07. The highest BCUT2D eigenvalue weighted by atomic mass is 32.2. The summed E-state index contributed by atoms with van der Waals surface area (Å²) in [5.74, 6) is 1.43. The van der Waals surface area contributed by atoms with E-state index in [-0.39, 0.29) is 5.91 Å². The Balaban J connectivity index is 2.18. The number of nitrogens with zero attached hydrogens (tertiary/aromatic N) is 2. The number of rotatable bonds is 2. The van der Waals surface area contributed by atoms with E-state index >= 15 is 0 Å². The van der Waals surface area contributed by atoms with Crippen molar-refractivity contribution in [3.8, 4) is 0 Å². The summed E-state index contributed by atoms with van der Waals surface area (Å²) in [5.41, 5.74) is 1.85.